The van der Waals surface area contributed by atoms with Crippen LogP contribution >= 0.6 is 0 Å². The Morgan fingerprint density at radius 3 is 2.31 bits per heavy atom. The summed E-state index contributed by atoms with van der Waals surface area (Å²) < 4.78 is 27.3. The number of halogens is 2. The zero-order valence-corrected chi connectivity index (χ0v) is 17.7. The molecule has 166 valence electrons. The molecule has 8 heteroatoms. The Hall–Kier alpha value is -3.65. The molecule has 6 nitrogen and oxygen atoms in total. The number of anilines is 1. The molecule has 0 aliphatic rings. The summed E-state index contributed by atoms with van der Waals surface area (Å²) >= 11 is 0. The maximum absolute atomic E-state index is 14.1. The van der Waals surface area contributed by atoms with Gasteiger partial charge in [-0.2, -0.15) is 0 Å². The summed E-state index contributed by atoms with van der Waals surface area (Å²) in [6, 6.07) is 12.7. The normalized spacial score (nSPS) is 12.2. The van der Waals surface area contributed by atoms with E-state index in [4.69, 9.17) is 5.73 Å². The van der Waals surface area contributed by atoms with Crippen LogP contribution in [0.1, 0.15) is 41.4 Å². The quantitative estimate of drug-likeness (QED) is 0.524. The van der Waals surface area contributed by atoms with Crippen LogP contribution in [0.4, 0.5) is 14.5 Å². The molecule has 0 radical (unpaired) electrons. The van der Waals surface area contributed by atoms with Crippen LogP contribution in [-0.2, 0) is 10.2 Å². The third-order valence-corrected chi connectivity index (χ3v) is 5.19. The summed E-state index contributed by atoms with van der Waals surface area (Å²) in [6.45, 7) is 3.22. The average molecular weight is 438 g/mol. The Labute approximate surface area is 184 Å². The molecule has 4 N–H and O–H groups in total. The number of nitrogens with one attached hydrogen (secondary N) is 2. The molecule has 1 unspecified atom stereocenters. The minimum atomic E-state index is -1.22. The monoisotopic (exact) mass is 438 g/mol. The van der Waals surface area contributed by atoms with Crippen molar-refractivity contribution in [2.45, 2.75) is 25.3 Å². The molecule has 1 aromatic heterocycles. The molecular formula is C24H24F2N4O2. The van der Waals surface area contributed by atoms with E-state index in [0.717, 1.165) is 17.7 Å². The van der Waals surface area contributed by atoms with Gasteiger partial charge in [0.15, 0.2) is 0 Å². The smallest absolute Gasteiger partial charge is 0.255 e. The molecule has 3 rings (SSSR count). The van der Waals surface area contributed by atoms with Gasteiger partial charge >= 0.3 is 0 Å². The van der Waals surface area contributed by atoms with Crippen molar-refractivity contribution in [3.05, 3.63) is 95.3 Å². The van der Waals surface area contributed by atoms with E-state index >= 15 is 0 Å². The van der Waals surface area contributed by atoms with Crippen LogP contribution in [-0.4, -0.2) is 23.3 Å². The van der Waals surface area contributed by atoms with E-state index in [1.54, 1.807) is 62.6 Å². The van der Waals surface area contributed by atoms with Crippen molar-refractivity contribution in [3.8, 4) is 0 Å². The SMILES string of the molecule is CC(C)(C(=O)NCC(N)c1ccc(C(=O)Nc2ccncc2)cc1)c1ccc(F)cc1F. The first-order valence-electron chi connectivity index (χ1n) is 9.99. The first kappa shape index (κ1) is 23.0. The van der Waals surface area contributed by atoms with Crippen molar-refractivity contribution in [3.63, 3.8) is 0 Å². The highest BCUT2D eigenvalue weighted by Crippen LogP contribution is 2.27. The van der Waals surface area contributed by atoms with Gasteiger partial charge in [0.2, 0.25) is 5.91 Å². The number of aromatic nitrogens is 1. The lowest BCUT2D eigenvalue weighted by atomic mass is 9.83. The summed E-state index contributed by atoms with van der Waals surface area (Å²) in [5.41, 5.74) is 6.86. The van der Waals surface area contributed by atoms with Gasteiger partial charge in [-0.25, -0.2) is 8.78 Å². The third kappa shape index (κ3) is 5.33. The maximum Gasteiger partial charge on any atom is 0.255 e. The largest absolute Gasteiger partial charge is 0.353 e. The molecule has 3 aromatic rings. The predicted molar refractivity (Wildman–Crippen MR) is 118 cm³/mol. The van der Waals surface area contributed by atoms with E-state index in [1.807, 2.05) is 0 Å². The van der Waals surface area contributed by atoms with E-state index < -0.39 is 29.0 Å². The second-order valence-electron chi connectivity index (χ2n) is 7.88. The van der Waals surface area contributed by atoms with Crippen LogP contribution in [0, 0.1) is 11.6 Å². The molecule has 0 aliphatic heterocycles. The summed E-state index contributed by atoms with van der Waals surface area (Å²) in [5.74, 6) is -2.20. The summed E-state index contributed by atoms with van der Waals surface area (Å²) in [6.07, 6.45) is 3.16. The van der Waals surface area contributed by atoms with Crippen molar-refractivity contribution in [1.29, 1.82) is 0 Å². The van der Waals surface area contributed by atoms with E-state index in [2.05, 4.69) is 15.6 Å². The molecule has 1 atom stereocenters. The third-order valence-electron chi connectivity index (χ3n) is 5.19. The number of pyridine rings is 1. The molecule has 2 aromatic carbocycles. The summed E-state index contributed by atoms with van der Waals surface area (Å²) in [4.78, 5) is 28.9. The van der Waals surface area contributed by atoms with Gasteiger partial charge in [0, 0.05) is 47.9 Å². The van der Waals surface area contributed by atoms with E-state index in [-0.39, 0.29) is 18.0 Å². The van der Waals surface area contributed by atoms with Gasteiger partial charge in [0.05, 0.1) is 5.41 Å². The van der Waals surface area contributed by atoms with E-state index in [0.29, 0.717) is 11.3 Å². The van der Waals surface area contributed by atoms with Crippen molar-refractivity contribution in [1.82, 2.24) is 10.3 Å². The predicted octanol–water partition coefficient (Wildman–Crippen LogP) is 3.71. The summed E-state index contributed by atoms with van der Waals surface area (Å²) in [7, 11) is 0. The standard InChI is InChI=1S/C24H24F2N4O2/c1-24(2,19-8-7-17(25)13-20(19)26)23(32)29-14-21(27)15-3-5-16(6-4-15)22(31)30-18-9-11-28-12-10-18/h3-13,21H,14,27H2,1-2H3,(H,29,32)(H,28,30,31). The molecule has 2 amide bonds. The van der Waals surface area contributed by atoms with Gasteiger partial charge in [-0.3, -0.25) is 14.6 Å². The molecule has 0 fully saturated rings. The van der Waals surface area contributed by atoms with Crippen molar-refractivity contribution in [2.75, 3.05) is 11.9 Å². The zero-order chi connectivity index (χ0) is 23.3. The van der Waals surface area contributed by atoms with Crippen LogP contribution in [0.15, 0.2) is 67.0 Å². The minimum Gasteiger partial charge on any atom is -0.353 e. The van der Waals surface area contributed by atoms with Gasteiger partial charge in [-0.15, -0.1) is 0 Å². The number of rotatable bonds is 7. The molecular weight excluding hydrogens is 414 g/mol. The minimum absolute atomic E-state index is 0.0922. The second-order valence-corrected chi connectivity index (χ2v) is 7.88. The van der Waals surface area contributed by atoms with Crippen LogP contribution in [0.5, 0.6) is 0 Å². The van der Waals surface area contributed by atoms with Crippen LogP contribution in [0.3, 0.4) is 0 Å². The second kappa shape index (κ2) is 9.65. The van der Waals surface area contributed by atoms with Crippen molar-refractivity contribution in [2.24, 2.45) is 5.73 Å². The average Bonchev–Trinajstić information content (AvgIpc) is 2.77. The fraction of sp³-hybridized carbons (Fsp3) is 0.208. The molecule has 0 saturated heterocycles. The molecule has 0 aliphatic carbocycles. The Balaban J connectivity index is 1.60. The Kier molecular flexibility index (Phi) is 6.95. The number of amides is 2. The highest BCUT2D eigenvalue weighted by atomic mass is 19.1. The number of nitrogens with zero attached hydrogens (tertiary/aromatic N) is 1. The number of nitrogens with two attached hydrogens (primary N) is 1. The summed E-state index contributed by atoms with van der Waals surface area (Å²) in [5, 5.41) is 5.49. The zero-order valence-electron chi connectivity index (χ0n) is 17.7. The Morgan fingerprint density at radius 1 is 1.03 bits per heavy atom. The fourth-order valence-electron chi connectivity index (χ4n) is 3.18. The first-order valence-corrected chi connectivity index (χ1v) is 9.99. The highest BCUT2D eigenvalue weighted by molar-refractivity contribution is 6.04. The number of benzene rings is 2. The lowest BCUT2D eigenvalue weighted by Crippen LogP contribution is -2.43. The van der Waals surface area contributed by atoms with Crippen LogP contribution in [0.25, 0.3) is 0 Å². The topological polar surface area (TPSA) is 97.1 Å². The highest BCUT2D eigenvalue weighted by Gasteiger charge is 2.32. The van der Waals surface area contributed by atoms with E-state index in [9.17, 15) is 18.4 Å². The van der Waals surface area contributed by atoms with Gasteiger partial charge < -0.3 is 16.4 Å². The molecule has 0 saturated carbocycles. The molecule has 0 spiro atoms. The lowest BCUT2D eigenvalue weighted by Gasteiger charge is -2.25. The number of hydrogen-bond acceptors (Lipinski definition) is 4. The van der Waals surface area contributed by atoms with Crippen molar-refractivity contribution >= 4 is 17.5 Å². The molecule has 32 heavy (non-hydrogen) atoms. The van der Waals surface area contributed by atoms with Gasteiger partial charge in [-0.05, 0) is 49.7 Å². The van der Waals surface area contributed by atoms with Gasteiger partial charge in [-0.1, -0.05) is 18.2 Å². The van der Waals surface area contributed by atoms with Crippen LogP contribution in [0.2, 0.25) is 0 Å². The molecule has 1 heterocycles. The fourth-order valence-corrected chi connectivity index (χ4v) is 3.18. The number of carbonyl (C=O) groups excluding carboxylic acids is 2. The molecule has 0 bridgehead atoms. The van der Waals surface area contributed by atoms with Gasteiger partial charge in [0.1, 0.15) is 11.6 Å². The lowest BCUT2D eigenvalue weighted by molar-refractivity contribution is -0.125. The number of carbonyl (C=O) groups is 2. The number of hydrogen-bond donors (Lipinski definition) is 3. The van der Waals surface area contributed by atoms with Crippen LogP contribution < -0.4 is 16.4 Å². The Morgan fingerprint density at radius 2 is 1.69 bits per heavy atom. The first-order chi connectivity index (χ1) is 15.2. The Bertz CT molecular complexity index is 1100. The maximum atomic E-state index is 14.1. The van der Waals surface area contributed by atoms with Crippen molar-refractivity contribution < 1.29 is 18.4 Å². The van der Waals surface area contributed by atoms with Gasteiger partial charge in [0.25, 0.3) is 5.91 Å². The van der Waals surface area contributed by atoms with E-state index in [1.165, 1.54) is 6.07 Å².